The summed E-state index contributed by atoms with van der Waals surface area (Å²) in [4.78, 5) is 21.3. The number of aromatic nitrogens is 2. The lowest BCUT2D eigenvalue weighted by Crippen LogP contribution is -2.15. The molecule has 0 aliphatic carbocycles. The van der Waals surface area contributed by atoms with Crippen molar-refractivity contribution >= 4 is 5.97 Å². The first-order valence-electron chi connectivity index (χ1n) is 5.50. The third kappa shape index (κ3) is 2.36. The molecule has 0 spiro atoms. The van der Waals surface area contributed by atoms with Gasteiger partial charge >= 0.3 is 5.97 Å². The molecule has 0 radical (unpaired) electrons. The van der Waals surface area contributed by atoms with E-state index in [0.717, 1.165) is 30.9 Å². The number of carbonyl (C=O) groups is 1. The van der Waals surface area contributed by atoms with Crippen LogP contribution in [-0.4, -0.2) is 39.6 Å². The van der Waals surface area contributed by atoms with Crippen LogP contribution >= 0.6 is 0 Å². The maximum atomic E-state index is 10.7. The Morgan fingerprint density at radius 1 is 1.47 bits per heavy atom. The van der Waals surface area contributed by atoms with Gasteiger partial charge in [0.15, 0.2) is 0 Å². The lowest BCUT2D eigenvalue weighted by atomic mass is 10.2. The lowest BCUT2D eigenvalue weighted by Gasteiger charge is -2.09. The Bertz CT molecular complexity index is 448. The largest absolute Gasteiger partial charge is 0.481 e. The van der Waals surface area contributed by atoms with Crippen molar-refractivity contribution in [3.8, 4) is 5.88 Å². The van der Waals surface area contributed by atoms with Crippen LogP contribution in [0.4, 0.5) is 0 Å². The molecular formula is C11H15N3O3. The normalized spacial score (nSPS) is 14.7. The highest BCUT2D eigenvalue weighted by molar-refractivity contribution is 5.69. The fourth-order valence-corrected chi connectivity index (χ4v) is 1.94. The number of carboxylic acid groups (broad SMARTS) is 1. The van der Waals surface area contributed by atoms with Gasteiger partial charge in [0, 0.05) is 13.1 Å². The zero-order chi connectivity index (χ0) is 12.4. The van der Waals surface area contributed by atoms with Crippen LogP contribution in [-0.2, 0) is 24.3 Å². The van der Waals surface area contributed by atoms with E-state index in [2.05, 4.69) is 21.8 Å². The quantitative estimate of drug-likeness (QED) is 0.819. The second kappa shape index (κ2) is 4.67. The van der Waals surface area contributed by atoms with Gasteiger partial charge in [-0.15, -0.1) is 0 Å². The first-order valence-corrected chi connectivity index (χ1v) is 5.50. The highest BCUT2D eigenvalue weighted by atomic mass is 16.5. The van der Waals surface area contributed by atoms with Gasteiger partial charge in [-0.1, -0.05) is 6.92 Å². The molecule has 1 aromatic heterocycles. The molecule has 17 heavy (non-hydrogen) atoms. The molecule has 1 aliphatic rings. The molecule has 6 heteroatoms. The lowest BCUT2D eigenvalue weighted by molar-refractivity contribution is -0.136. The molecule has 0 fully saturated rings. The molecule has 0 atom stereocenters. The van der Waals surface area contributed by atoms with Gasteiger partial charge in [0.2, 0.25) is 5.88 Å². The molecule has 2 rings (SSSR count). The van der Waals surface area contributed by atoms with Crippen molar-refractivity contribution in [1.29, 1.82) is 0 Å². The molecule has 6 nitrogen and oxygen atoms in total. The van der Waals surface area contributed by atoms with Crippen LogP contribution in [0.15, 0.2) is 0 Å². The van der Waals surface area contributed by atoms with Gasteiger partial charge in [0.05, 0.1) is 18.4 Å². The van der Waals surface area contributed by atoms with Gasteiger partial charge in [-0.05, 0) is 6.54 Å². The van der Waals surface area contributed by atoms with Gasteiger partial charge < -0.3 is 9.84 Å². The van der Waals surface area contributed by atoms with E-state index < -0.39 is 5.97 Å². The van der Waals surface area contributed by atoms with Crippen LogP contribution in [0, 0.1) is 0 Å². The van der Waals surface area contributed by atoms with Crippen molar-refractivity contribution in [3.63, 3.8) is 0 Å². The number of ether oxygens (including phenoxy) is 1. The van der Waals surface area contributed by atoms with Gasteiger partial charge in [-0.2, -0.15) is 4.98 Å². The SMILES string of the molecule is CCN1Cc2nc(CC(=O)O)nc(OC)c2C1. The molecule has 1 N–H and O–H groups in total. The molecule has 1 aliphatic heterocycles. The molecular weight excluding hydrogens is 222 g/mol. The van der Waals surface area contributed by atoms with E-state index in [1.54, 1.807) is 7.11 Å². The third-order valence-corrected chi connectivity index (χ3v) is 2.81. The van der Waals surface area contributed by atoms with Crippen molar-refractivity contribution in [3.05, 3.63) is 17.1 Å². The Kier molecular flexibility index (Phi) is 3.23. The minimum absolute atomic E-state index is 0.171. The van der Waals surface area contributed by atoms with Crippen LogP contribution in [0.1, 0.15) is 24.0 Å². The highest BCUT2D eigenvalue weighted by Gasteiger charge is 2.25. The fourth-order valence-electron chi connectivity index (χ4n) is 1.94. The van der Waals surface area contributed by atoms with E-state index in [0.29, 0.717) is 11.7 Å². The average Bonchev–Trinajstić information content (AvgIpc) is 2.69. The van der Waals surface area contributed by atoms with Crippen molar-refractivity contribution < 1.29 is 14.6 Å². The van der Waals surface area contributed by atoms with E-state index >= 15 is 0 Å². The summed E-state index contributed by atoms with van der Waals surface area (Å²) in [7, 11) is 1.54. The minimum atomic E-state index is -0.933. The molecule has 0 unspecified atom stereocenters. The topological polar surface area (TPSA) is 75.6 Å². The van der Waals surface area contributed by atoms with Crippen molar-refractivity contribution in [2.24, 2.45) is 0 Å². The number of aliphatic carboxylic acids is 1. The average molecular weight is 237 g/mol. The van der Waals surface area contributed by atoms with Gasteiger partial charge in [0.25, 0.3) is 0 Å². The molecule has 2 heterocycles. The molecule has 1 aromatic rings. The molecule has 92 valence electrons. The van der Waals surface area contributed by atoms with E-state index in [9.17, 15) is 4.79 Å². The monoisotopic (exact) mass is 237 g/mol. The van der Waals surface area contributed by atoms with Crippen molar-refractivity contribution in [1.82, 2.24) is 14.9 Å². The fraction of sp³-hybridized carbons (Fsp3) is 0.545. The first kappa shape index (κ1) is 11.8. The zero-order valence-corrected chi connectivity index (χ0v) is 9.93. The van der Waals surface area contributed by atoms with Gasteiger partial charge in [0.1, 0.15) is 12.2 Å². The number of hydrogen-bond donors (Lipinski definition) is 1. The summed E-state index contributed by atoms with van der Waals surface area (Å²) in [6.45, 7) is 4.50. The predicted octanol–water partition coefficient (Wildman–Crippen LogP) is 0.448. The van der Waals surface area contributed by atoms with Crippen LogP contribution in [0.3, 0.4) is 0 Å². The Balaban J connectivity index is 2.34. The van der Waals surface area contributed by atoms with Crippen LogP contribution in [0.25, 0.3) is 0 Å². The summed E-state index contributed by atoms with van der Waals surface area (Å²) in [5, 5.41) is 8.75. The third-order valence-electron chi connectivity index (χ3n) is 2.81. The standard InChI is InChI=1S/C11H15N3O3/c1-3-14-5-7-8(6-14)12-9(4-10(15)16)13-11(7)17-2/h3-6H2,1-2H3,(H,15,16). The second-order valence-corrected chi connectivity index (χ2v) is 3.95. The van der Waals surface area contributed by atoms with Gasteiger partial charge in [-0.25, -0.2) is 4.98 Å². The summed E-state index contributed by atoms with van der Waals surface area (Å²) < 4.78 is 5.20. The van der Waals surface area contributed by atoms with E-state index in [1.807, 2.05) is 0 Å². The summed E-state index contributed by atoms with van der Waals surface area (Å²) in [6, 6.07) is 0. The number of hydrogen-bond acceptors (Lipinski definition) is 5. The molecule has 0 amide bonds. The summed E-state index contributed by atoms with van der Waals surface area (Å²) in [6.07, 6.45) is -0.171. The number of nitrogens with zero attached hydrogens (tertiary/aromatic N) is 3. The number of carboxylic acids is 1. The molecule has 0 bridgehead atoms. The van der Waals surface area contributed by atoms with Crippen molar-refractivity contribution in [2.75, 3.05) is 13.7 Å². The van der Waals surface area contributed by atoms with Crippen LogP contribution < -0.4 is 4.74 Å². The zero-order valence-electron chi connectivity index (χ0n) is 9.93. The van der Waals surface area contributed by atoms with E-state index in [1.165, 1.54) is 0 Å². The summed E-state index contributed by atoms with van der Waals surface area (Å²) >= 11 is 0. The maximum absolute atomic E-state index is 10.7. The van der Waals surface area contributed by atoms with Gasteiger partial charge in [-0.3, -0.25) is 9.69 Å². The predicted molar refractivity (Wildman–Crippen MR) is 59.7 cm³/mol. The summed E-state index contributed by atoms with van der Waals surface area (Å²) in [5.41, 5.74) is 1.86. The number of rotatable bonds is 4. The Morgan fingerprint density at radius 2 is 2.24 bits per heavy atom. The Morgan fingerprint density at radius 3 is 2.82 bits per heavy atom. The molecule has 0 aromatic carbocycles. The molecule has 0 saturated heterocycles. The maximum Gasteiger partial charge on any atom is 0.311 e. The van der Waals surface area contributed by atoms with Crippen LogP contribution in [0.2, 0.25) is 0 Å². The van der Waals surface area contributed by atoms with Crippen LogP contribution in [0.5, 0.6) is 5.88 Å². The Hall–Kier alpha value is -1.69. The Labute approximate surface area is 99.2 Å². The minimum Gasteiger partial charge on any atom is -0.481 e. The molecule has 0 saturated carbocycles. The van der Waals surface area contributed by atoms with E-state index in [-0.39, 0.29) is 6.42 Å². The second-order valence-electron chi connectivity index (χ2n) is 3.95. The highest BCUT2D eigenvalue weighted by Crippen LogP contribution is 2.27. The van der Waals surface area contributed by atoms with Crippen molar-refractivity contribution in [2.45, 2.75) is 26.4 Å². The smallest absolute Gasteiger partial charge is 0.311 e. The first-order chi connectivity index (χ1) is 8.13. The number of fused-ring (bicyclic) bond motifs is 1. The summed E-state index contributed by atoms with van der Waals surface area (Å²) in [5.74, 6) is -0.120. The van der Waals surface area contributed by atoms with E-state index in [4.69, 9.17) is 9.84 Å². The number of methoxy groups -OCH3 is 1.